The molecule has 1 aliphatic rings. The van der Waals surface area contributed by atoms with E-state index in [4.69, 9.17) is 0 Å². The van der Waals surface area contributed by atoms with Crippen molar-refractivity contribution in [1.29, 1.82) is 0 Å². The maximum absolute atomic E-state index is 12.1. The first kappa shape index (κ1) is 9.15. The molecule has 0 aliphatic heterocycles. The van der Waals surface area contributed by atoms with Crippen LogP contribution in [0.5, 0.6) is 0 Å². The highest BCUT2D eigenvalue weighted by Gasteiger charge is 2.17. The van der Waals surface area contributed by atoms with E-state index < -0.39 is 0 Å². The average Bonchev–Trinajstić information content (AvgIpc) is 2.62. The van der Waals surface area contributed by atoms with Crippen LogP contribution in [-0.2, 0) is 12.8 Å². The lowest BCUT2D eigenvalue weighted by molar-refractivity contribution is 0.651. The Morgan fingerprint density at radius 1 is 1.40 bits per heavy atom. The zero-order chi connectivity index (χ0) is 10.4. The number of halogens is 1. The molecule has 2 heterocycles. The largest absolute Gasteiger partial charge is 0.296 e. The van der Waals surface area contributed by atoms with Crippen LogP contribution in [0.25, 0.3) is 5.65 Å². The van der Waals surface area contributed by atoms with Crippen LogP contribution in [0.3, 0.4) is 0 Å². The number of hydrogen-bond donors (Lipinski definition) is 1. The summed E-state index contributed by atoms with van der Waals surface area (Å²) >= 11 is 3.38. The Balaban J connectivity index is 2.43. The first-order valence-corrected chi connectivity index (χ1v) is 5.84. The van der Waals surface area contributed by atoms with E-state index in [1.165, 1.54) is 4.52 Å². The molecule has 3 rings (SSSR count). The second-order valence-corrected chi connectivity index (χ2v) is 4.68. The molecule has 5 heteroatoms. The van der Waals surface area contributed by atoms with E-state index in [1.54, 1.807) is 6.20 Å². The number of rotatable bonds is 0. The highest BCUT2D eigenvalue weighted by Crippen LogP contribution is 2.20. The zero-order valence-corrected chi connectivity index (χ0v) is 9.67. The zero-order valence-electron chi connectivity index (χ0n) is 8.09. The van der Waals surface area contributed by atoms with Crippen LogP contribution in [-0.4, -0.2) is 14.6 Å². The van der Waals surface area contributed by atoms with Gasteiger partial charge in [0, 0.05) is 11.8 Å². The van der Waals surface area contributed by atoms with Crippen LogP contribution in [0.1, 0.15) is 24.1 Å². The monoisotopic (exact) mass is 267 g/mol. The third kappa shape index (κ3) is 1.26. The second-order valence-electron chi connectivity index (χ2n) is 3.83. The van der Waals surface area contributed by atoms with Gasteiger partial charge in [0.05, 0.1) is 10.2 Å². The number of fused-ring (bicyclic) bond motifs is 2. The lowest BCUT2D eigenvalue weighted by atomic mass is 9.97. The SMILES string of the molecule is O=c1c2c(nc3c(Br)c[nH]n13)CCCC2. The summed E-state index contributed by atoms with van der Waals surface area (Å²) in [5.41, 5.74) is 2.61. The van der Waals surface area contributed by atoms with Crippen LogP contribution in [0.4, 0.5) is 0 Å². The third-order valence-corrected chi connectivity index (χ3v) is 3.47. The van der Waals surface area contributed by atoms with E-state index in [2.05, 4.69) is 26.0 Å². The summed E-state index contributed by atoms with van der Waals surface area (Å²) in [4.78, 5) is 16.6. The van der Waals surface area contributed by atoms with E-state index in [9.17, 15) is 4.79 Å². The highest BCUT2D eigenvalue weighted by atomic mass is 79.9. The molecule has 0 atom stereocenters. The molecule has 0 amide bonds. The van der Waals surface area contributed by atoms with Crippen molar-refractivity contribution < 1.29 is 0 Å². The molecule has 2 aromatic heterocycles. The summed E-state index contributed by atoms with van der Waals surface area (Å²) < 4.78 is 2.35. The van der Waals surface area contributed by atoms with Gasteiger partial charge in [0.25, 0.3) is 5.56 Å². The molecule has 0 aromatic carbocycles. The lowest BCUT2D eigenvalue weighted by Crippen LogP contribution is -2.24. The van der Waals surface area contributed by atoms with Crippen molar-refractivity contribution in [2.24, 2.45) is 0 Å². The first-order chi connectivity index (χ1) is 7.27. The van der Waals surface area contributed by atoms with Gasteiger partial charge in [0.1, 0.15) is 0 Å². The van der Waals surface area contributed by atoms with Gasteiger partial charge in [-0.05, 0) is 41.6 Å². The lowest BCUT2D eigenvalue weighted by Gasteiger charge is -2.13. The van der Waals surface area contributed by atoms with Gasteiger partial charge >= 0.3 is 0 Å². The number of nitrogens with zero attached hydrogens (tertiary/aromatic N) is 2. The molecule has 0 saturated carbocycles. The van der Waals surface area contributed by atoms with Crippen molar-refractivity contribution in [2.75, 3.05) is 0 Å². The Bertz CT molecular complexity index is 584. The smallest absolute Gasteiger partial charge is 0.276 e. The van der Waals surface area contributed by atoms with Gasteiger partial charge in [-0.15, -0.1) is 0 Å². The molecule has 0 fully saturated rings. The second kappa shape index (κ2) is 3.20. The summed E-state index contributed by atoms with van der Waals surface area (Å²) in [6, 6.07) is 0. The van der Waals surface area contributed by atoms with E-state index >= 15 is 0 Å². The summed E-state index contributed by atoms with van der Waals surface area (Å²) in [7, 11) is 0. The fraction of sp³-hybridized carbons (Fsp3) is 0.400. The van der Waals surface area contributed by atoms with Gasteiger partial charge < -0.3 is 0 Å². The van der Waals surface area contributed by atoms with Crippen LogP contribution in [0.2, 0.25) is 0 Å². The maximum atomic E-state index is 12.1. The molecule has 0 radical (unpaired) electrons. The van der Waals surface area contributed by atoms with Gasteiger partial charge in [0.2, 0.25) is 0 Å². The minimum atomic E-state index is 0.0559. The van der Waals surface area contributed by atoms with Crippen molar-refractivity contribution in [3.8, 4) is 0 Å². The van der Waals surface area contributed by atoms with Crippen LogP contribution >= 0.6 is 15.9 Å². The number of H-pyrrole nitrogens is 1. The maximum Gasteiger partial charge on any atom is 0.276 e. The summed E-state index contributed by atoms with van der Waals surface area (Å²) in [6.07, 6.45) is 5.77. The number of aryl methyl sites for hydroxylation is 1. The van der Waals surface area contributed by atoms with E-state index in [-0.39, 0.29) is 5.56 Å². The summed E-state index contributed by atoms with van der Waals surface area (Å²) in [6.45, 7) is 0. The molecule has 0 unspecified atom stereocenters. The molecule has 0 spiro atoms. The third-order valence-electron chi connectivity index (χ3n) is 2.89. The van der Waals surface area contributed by atoms with Gasteiger partial charge in [-0.1, -0.05) is 0 Å². The highest BCUT2D eigenvalue weighted by molar-refractivity contribution is 9.10. The van der Waals surface area contributed by atoms with E-state index in [0.717, 1.165) is 41.4 Å². The number of aromatic nitrogens is 3. The standard InChI is InChI=1S/C10H10BrN3O/c11-7-5-12-14-9(7)13-8-4-2-1-3-6(8)10(14)15/h5,12H,1-4H2. The van der Waals surface area contributed by atoms with Crippen molar-refractivity contribution in [3.63, 3.8) is 0 Å². The Hall–Kier alpha value is -1.10. The average molecular weight is 268 g/mol. The minimum Gasteiger partial charge on any atom is -0.296 e. The van der Waals surface area contributed by atoms with Gasteiger partial charge in [-0.2, -0.15) is 0 Å². The van der Waals surface area contributed by atoms with Crippen molar-refractivity contribution in [2.45, 2.75) is 25.7 Å². The molecule has 2 aromatic rings. The quantitative estimate of drug-likeness (QED) is 0.790. The molecule has 78 valence electrons. The Kier molecular flexibility index (Phi) is 1.95. The Labute approximate surface area is 94.4 Å². The van der Waals surface area contributed by atoms with Crippen molar-refractivity contribution in [3.05, 3.63) is 32.3 Å². The number of aromatic amines is 1. The van der Waals surface area contributed by atoms with Crippen LogP contribution in [0, 0.1) is 0 Å². The summed E-state index contributed by atoms with van der Waals surface area (Å²) in [5.74, 6) is 0. The molecule has 1 N–H and O–H groups in total. The normalized spacial score (nSPS) is 15.5. The van der Waals surface area contributed by atoms with E-state index in [0.29, 0.717) is 5.65 Å². The molecular weight excluding hydrogens is 258 g/mol. The molecule has 0 saturated heterocycles. The number of hydrogen-bond acceptors (Lipinski definition) is 2. The first-order valence-electron chi connectivity index (χ1n) is 5.05. The Morgan fingerprint density at radius 2 is 2.20 bits per heavy atom. The van der Waals surface area contributed by atoms with Gasteiger partial charge in [-0.3, -0.25) is 9.89 Å². The van der Waals surface area contributed by atoms with Crippen LogP contribution in [0.15, 0.2) is 15.5 Å². The van der Waals surface area contributed by atoms with Crippen molar-refractivity contribution in [1.82, 2.24) is 14.6 Å². The Morgan fingerprint density at radius 3 is 3.07 bits per heavy atom. The van der Waals surface area contributed by atoms with Crippen molar-refractivity contribution >= 4 is 21.6 Å². The topological polar surface area (TPSA) is 50.2 Å². The van der Waals surface area contributed by atoms with Gasteiger partial charge in [-0.25, -0.2) is 9.50 Å². The molecule has 15 heavy (non-hydrogen) atoms. The van der Waals surface area contributed by atoms with Crippen LogP contribution < -0.4 is 5.56 Å². The fourth-order valence-electron chi connectivity index (χ4n) is 2.12. The predicted octanol–water partition coefficient (Wildman–Crippen LogP) is 1.66. The number of nitrogens with one attached hydrogen (secondary N) is 1. The van der Waals surface area contributed by atoms with E-state index in [1.807, 2.05) is 0 Å². The molecule has 0 bridgehead atoms. The fourth-order valence-corrected chi connectivity index (χ4v) is 2.49. The predicted molar refractivity (Wildman–Crippen MR) is 60.2 cm³/mol. The minimum absolute atomic E-state index is 0.0559. The molecule has 4 nitrogen and oxygen atoms in total. The molecular formula is C10H10BrN3O. The summed E-state index contributed by atoms with van der Waals surface area (Å²) in [5, 5.41) is 2.90. The van der Waals surface area contributed by atoms with Gasteiger partial charge in [0.15, 0.2) is 5.65 Å². The molecule has 1 aliphatic carbocycles.